The number of H-pyrrole nitrogens is 1. The van der Waals surface area contributed by atoms with Gasteiger partial charge in [-0.2, -0.15) is 0 Å². The molecule has 1 aromatic heterocycles. The van der Waals surface area contributed by atoms with Crippen molar-refractivity contribution in [2.75, 3.05) is 0 Å². The van der Waals surface area contributed by atoms with E-state index < -0.39 is 0 Å². The maximum absolute atomic E-state index is 11.0. The first-order valence-corrected chi connectivity index (χ1v) is 4.77. The monoisotopic (exact) mass is 197 g/mol. The summed E-state index contributed by atoms with van der Waals surface area (Å²) in [5, 5.41) is 0. The maximum atomic E-state index is 11.0. The Bertz CT molecular complexity index is 452. The lowest BCUT2D eigenvalue weighted by Gasteiger charge is -1.92. The minimum atomic E-state index is 0.121. The van der Waals surface area contributed by atoms with Gasteiger partial charge in [-0.05, 0) is 23.8 Å². The van der Waals surface area contributed by atoms with E-state index in [0.717, 1.165) is 11.1 Å². The molecule has 1 aliphatic carbocycles. The summed E-state index contributed by atoms with van der Waals surface area (Å²) in [4.78, 5) is 13.8. The minimum absolute atomic E-state index is 0.121. The van der Waals surface area contributed by atoms with Crippen LogP contribution >= 0.6 is 0 Å². The summed E-state index contributed by atoms with van der Waals surface area (Å²) >= 11 is 0. The molecule has 3 rings (SSSR count). The van der Waals surface area contributed by atoms with Crippen LogP contribution in [0.1, 0.15) is 15.9 Å². The number of fused-ring (bicyclic) bond motifs is 1. The van der Waals surface area contributed by atoms with E-state index in [9.17, 15) is 4.79 Å². The summed E-state index contributed by atoms with van der Waals surface area (Å²) in [6, 6.07) is 11.5. The van der Waals surface area contributed by atoms with Crippen LogP contribution in [0.15, 0.2) is 54.9 Å². The molecule has 1 aromatic carbocycles. The Kier molecular flexibility index (Phi) is 2.79. The summed E-state index contributed by atoms with van der Waals surface area (Å²) in [5.74, 6) is 0.121. The van der Waals surface area contributed by atoms with Gasteiger partial charge in [0.2, 0.25) is 0 Å². The van der Waals surface area contributed by atoms with Crippen LogP contribution in [0.5, 0.6) is 0 Å². The molecule has 0 aliphatic heterocycles. The number of carbonyl (C=O) groups excluding carboxylic acids is 1. The Morgan fingerprint density at radius 1 is 0.867 bits per heavy atom. The number of allylic oxidation sites excluding steroid dienone is 1. The average Bonchev–Trinajstić information content (AvgIpc) is 2.92. The lowest BCUT2D eigenvalue weighted by Crippen LogP contribution is -1.89. The van der Waals surface area contributed by atoms with Gasteiger partial charge in [-0.3, -0.25) is 4.79 Å². The number of rotatable bonds is 0. The van der Waals surface area contributed by atoms with Crippen molar-refractivity contribution in [2.24, 2.45) is 0 Å². The zero-order valence-corrected chi connectivity index (χ0v) is 8.18. The molecule has 74 valence electrons. The molecule has 0 unspecified atom stereocenters. The van der Waals surface area contributed by atoms with Crippen LogP contribution in [-0.4, -0.2) is 10.8 Å². The van der Waals surface area contributed by atoms with Gasteiger partial charge in [0.1, 0.15) is 0 Å². The smallest absolute Gasteiger partial charge is 0.186 e. The van der Waals surface area contributed by atoms with Crippen LogP contribution in [0, 0.1) is 0 Å². The molecular formula is C13H11NO. The summed E-state index contributed by atoms with van der Waals surface area (Å²) in [5.41, 5.74) is 1.86. The van der Waals surface area contributed by atoms with Gasteiger partial charge in [0.25, 0.3) is 0 Å². The van der Waals surface area contributed by atoms with Crippen LogP contribution in [0.4, 0.5) is 0 Å². The molecule has 0 atom stereocenters. The fraction of sp³-hybridized carbons (Fsp3) is 0. The van der Waals surface area contributed by atoms with Crippen molar-refractivity contribution in [2.45, 2.75) is 0 Å². The van der Waals surface area contributed by atoms with E-state index in [0.29, 0.717) is 0 Å². The van der Waals surface area contributed by atoms with Crippen molar-refractivity contribution in [3.63, 3.8) is 0 Å². The van der Waals surface area contributed by atoms with Crippen molar-refractivity contribution in [1.29, 1.82) is 0 Å². The van der Waals surface area contributed by atoms with E-state index >= 15 is 0 Å². The zero-order valence-electron chi connectivity index (χ0n) is 8.18. The molecule has 0 radical (unpaired) electrons. The van der Waals surface area contributed by atoms with Gasteiger partial charge in [0.05, 0.1) is 0 Å². The van der Waals surface area contributed by atoms with Gasteiger partial charge in [0, 0.05) is 18.0 Å². The highest BCUT2D eigenvalue weighted by atomic mass is 16.1. The molecular weight excluding hydrogens is 186 g/mol. The second-order valence-electron chi connectivity index (χ2n) is 3.17. The quantitative estimate of drug-likeness (QED) is 0.692. The van der Waals surface area contributed by atoms with E-state index in [1.165, 1.54) is 0 Å². The van der Waals surface area contributed by atoms with Crippen LogP contribution < -0.4 is 0 Å². The summed E-state index contributed by atoms with van der Waals surface area (Å²) in [7, 11) is 0. The third-order valence-corrected chi connectivity index (χ3v) is 2.14. The number of benzene rings is 1. The largest absolute Gasteiger partial charge is 0.368 e. The third-order valence-electron chi connectivity index (χ3n) is 2.14. The van der Waals surface area contributed by atoms with E-state index in [1.54, 1.807) is 6.08 Å². The number of hydrogen-bond donors (Lipinski definition) is 1. The molecule has 1 aliphatic rings. The predicted octanol–water partition coefficient (Wildman–Crippen LogP) is 2.91. The fourth-order valence-corrected chi connectivity index (χ4v) is 1.40. The molecule has 2 heteroatoms. The Hall–Kier alpha value is -2.09. The van der Waals surface area contributed by atoms with Crippen molar-refractivity contribution < 1.29 is 4.79 Å². The topological polar surface area (TPSA) is 32.9 Å². The van der Waals surface area contributed by atoms with Gasteiger partial charge in [-0.15, -0.1) is 0 Å². The van der Waals surface area contributed by atoms with Crippen LogP contribution in [0.3, 0.4) is 0 Å². The number of carbonyl (C=O) groups is 1. The number of hydrogen-bond acceptors (Lipinski definition) is 1. The zero-order chi connectivity index (χ0) is 10.5. The molecule has 1 N–H and O–H groups in total. The Morgan fingerprint density at radius 2 is 1.60 bits per heavy atom. The number of nitrogens with one attached hydrogen (secondary N) is 1. The van der Waals surface area contributed by atoms with Gasteiger partial charge >= 0.3 is 0 Å². The molecule has 0 fully saturated rings. The molecule has 0 bridgehead atoms. The second-order valence-corrected chi connectivity index (χ2v) is 3.17. The molecule has 0 saturated heterocycles. The van der Waals surface area contributed by atoms with Crippen LogP contribution in [0.25, 0.3) is 6.08 Å². The van der Waals surface area contributed by atoms with E-state index in [1.807, 2.05) is 54.9 Å². The first kappa shape index (κ1) is 9.46. The summed E-state index contributed by atoms with van der Waals surface area (Å²) in [6.07, 6.45) is 7.20. The SMILES string of the molecule is O=C1C=Cc2ccccc21.c1cc[nH]c1. The second kappa shape index (κ2) is 4.42. The van der Waals surface area contributed by atoms with E-state index in [2.05, 4.69) is 4.98 Å². The molecule has 15 heavy (non-hydrogen) atoms. The highest BCUT2D eigenvalue weighted by molar-refractivity contribution is 6.13. The minimum Gasteiger partial charge on any atom is -0.368 e. The van der Waals surface area contributed by atoms with Crippen molar-refractivity contribution in [1.82, 2.24) is 4.98 Å². The molecule has 0 saturated carbocycles. The third kappa shape index (κ3) is 2.23. The van der Waals surface area contributed by atoms with Gasteiger partial charge in [-0.25, -0.2) is 0 Å². The lowest BCUT2D eigenvalue weighted by atomic mass is 10.1. The Morgan fingerprint density at radius 3 is 2.20 bits per heavy atom. The lowest BCUT2D eigenvalue weighted by molar-refractivity contribution is 0.105. The number of aromatic amines is 1. The molecule has 1 heterocycles. The number of aromatic nitrogens is 1. The highest BCUT2D eigenvalue weighted by Gasteiger charge is 2.10. The van der Waals surface area contributed by atoms with Gasteiger partial charge in [0.15, 0.2) is 5.78 Å². The average molecular weight is 197 g/mol. The highest BCUT2D eigenvalue weighted by Crippen LogP contribution is 2.17. The van der Waals surface area contributed by atoms with Crippen LogP contribution in [-0.2, 0) is 0 Å². The predicted molar refractivity (Wildman–Crippen MR) is 60.6 cm³/mol. The number of ketones is 1. The molecule has 0 spiro atoms. The van der Waals surface area contributed by atoms with E-state index in [-0.39, 0.29) is 5.78 Å². The maximum Gasteiger partial charge on any atom is 0.186 e. The molecule has 0 amide bonds. The van der Waals surface area contributed by atoms with Gasteiger partial charge < -0.3 is 4.98 Å². The molecule has 2 nitrogen and oxygen atoms in total. The fourth-order valence-electron chi connectivity index (χ4n) is 1.40. The van der Waals surface area contributed by atoms with Crippen molar-refractivity contribution in [3.8, 4) is 0 Å². The van der Waals surface area contributed by atoms with Crippen LogP contribution in [0.2, 0.25) is 0 Å². The van der Waals surface area contributed by atoms with Crippen molar-refractivity contribution in [3.05, 3.63) is 66.0 Å². The van der Waals surface area contributed by atoms with Crippen molar-refractivity contribution >= 4 is 11.9 Å². The summed E-state index contributed by atoms with van der Waals surface area (Å²) < 4.78 is 0. The van der Waals surface area contributed by atoms with Gasteiger partial charge in [-0.1, -0.05) is 30.3 Å². The first-order valence-electron chi connectivity index (χ1n) is 4.77. The molecule has 2 aromatic rings. The standard InChI is InChI=1S/C9H6O.C4H5N/c10-9-6-5-7-3-1-2-4-8(7)9;1-2-4-5-3-1/h1-6H;1-5H. The summed E-state index contributed by atoms with van der Waals surface area (Å²) in [6.45, 7) is 0. The Balaban J connectivity index is 0.000000144. The first-order chi connectivity index (χ1) is 7.38. The Labute approximate surface area is 88.3 Å². The van der Waals surface area contributed by atoms with E-state index in [4.69, 9.17) is 0 Å². The normalized spacial score (nSPS) is 11.9.